The first-order valence-corrected chi connectivity index (χ1v) is 9.06. The lowest BCUT2D eigenvalue weighted by Gasteiger charge is -2.48. The van der Waals surface area contributed by atoms with Crippen LogP contribution in [0.2, 0.25) is 0 Å². The van der Waals surface area contributed by atoms with Gasteiger partial charge in [0.15, 0.2) is 0 Å². The van der Waals surface area contributed by atoms with E-state index in [0.29, 0.717) is 6.42 Å². The molecule has 0 spiro atoms. The number of nitrogens with zero attached hydrogens (tertiary/aromatic N) is 1. The van der Waals surface area contributed by atoms with Crippen LogP contribution in [0.5, 0.6) is 0 Å². The Morgan fingerprint density at radius 1 is 1.14 bits per heavy atom. The van der Waals surface area contributed by atoms with Crippen molar-refractivity contribution in [3.8, 4) is 0 Å². The average Bonchev–Trinajstić information content (AvgIpc) is 2.55. The largest absolute Gasteiger partial charge is 0.396 e. The fraction of sp³-hybridized carbons (Fsp3) is 0.941. The first-order chi connectivity index (χ1) is 10.7. The van der Waals surface area contributed by atoms with E-state index in [1.165, 1.54) is 64.5 Å². The third kappa shape index (κ3) is 4.85. The number of rotatable bonds is 6. The van der Waals surface area contributed by atoms with Gasteiger partial charge in [0.05, 0.1) is 0 Å². The van der Waals surface area contributed by atoms with E-state index in [1.54, 1.807) is 0 Å². The van der Waals surface area contributed by atoms with Crippen molar-refractivity contribution in [1.82, 2.24) is 15.5 Å². The van der Waals surface area contributed by atoms with Gasteiger partial charge in [-0.05, 0) is 52.1 Å². The number of carbonyl (C=O) groups is 1. The number of carbonyl (C=O) groups excluding carboxylic acids is 1. The third-order valence-electron chi connectivity index (χ3n) is 5.33. The molecule has 0 unspecified atom stereocenters. The van der Waals surface area contributed by atoms with Crippen LogP contribution in [-0.4, -0.2) is 53.9 Å². The molecule has 1 atom stereocenters. The molecule has 2 aliphatic rings. The van der Waals surface area contributed by atoms with E-state index in [0.717, 1.165) is 6.54 Å². The zero-order valence-corrected chi connectivity index (χ0v) is 14.1. The van der Waals surface area contributed by atoms with Crippen LogP contribution < -0.4 is 10.6 Å². The molecule has 1 heterocycles. The van der Waals surface area contributed by atoms with Gasteiger partial charge in [0.25, 0.3) is 0 Å². The molecule has 1 aliphatic heterocycles. The average molecular weight is 311 g/mol. The molecule has 2 fully saturated rings. The fourth-order valence-corrected chi connectivity index (χ4v) is 3.97. The quantitative estimate of drug-likeness (QED) is 0.705. The Balaban J connectivity index is 1.88. The van der Waals surface area contributed by atoms with Gasteiger partial charge in [0, 0.05) is 24.7 Å². The SMILES string of the molecule is C[C@H](CCO)NC(=O)NCC1(N2CCCCC2)CCCCC1. The summed E-state index contributed by atoms with van der Waals surface area (Å²) >= 11 is 0. The fourth-order valence-electron chi connectivity index (χ4n) is 3.97. The number of aliphatic hydroxyl groups excluding tert-OH is 1. The van der Waals surface area contributed by atoms with Crippen molar-refractivity contribution >= 4 is 6.03 Å². The summed E-state index contributed by atoms with van der Waals surface area (Å²) in [7, 11) is 0. The lowest BCUT2D eigenvalue weighted by atomic mass is 9.79. The minimum Gasteiger partial charge on any atom is -0.396 e. The summed E-state index contributed by atoms with van der Waals surface area (Å²) in [5, 5.41) is 14.9. The number of likely N-dealkylation sites (tertiary alicyclic amines) is 1. The maximum atomic E-state index is 12.1. The highest BCUT2D eigenvalue weighted by atomic mass is 16.3. The molecule has 3 N–H and O–H groups in total. The van der Waals surface area contributed by atoms with Crippen LogP contribution in [0.1, 0.15) is 64.7 Å². The van der Waals surface area contributed by atoms with E-state index in [4.69, 9.17) is 5.11 Å². The molecular weight excluding hydrogens is 278 g/mol. The molecule has 0 aromatic rings. The first-order valence-electron chi connectivity index (χ1n) is 9.06. The summed E-state index contributed by atoms with van der Waals surface area (Å²) in [6.07, 6.45) is 10.8. The maximum absolute atomic E-state index is 12.1. The van der Waals surface area contributed by atoms with Gasteiger partial charge in [-0.2, -0.15) is 0 Å². The van der Waals surface area contributed by atoms with Crippen molar-refractivity contribution in [3.05, 3.63) is 0 Å². The molecule has 5 heteroatoms. The van der Waals surface area contributed by atoms with Gasteiger partial charge in [-0.15, -0.1) is 0 Å². The van der Waals surface area contributed by atoms with Crippen molar-refractivity contribution < 1.29 is 9.90 Å². The molecular formula is C17H33N3O2. The summed E-state index contributed by atoms with van der Waals surface area (Å²) in [5.74, 6) is 0. The van der Waals surface area contributed by atoms with Crippen molar-refractivity contribution in [1.29, 1.82) is 0 Å². The minimum absolute atomic E-state index is 0.0160. The van der Waals surface area contributed by atoms with Crippen LogP contribution in [0, 0.1) is 0 Å². The number of hydrogen-bond donors (Lipinski definition) is 3. The van der Waals surface area contributed by atoms with Gasteiger partial charge in [-0.1, -0.05) is 25.7 Å². The Morgan fingerprint density at radius 2 is 1.77 bits per heavy atom. The van der Waals surface area contributed by atoms with Crippen LogP contribution in [0.4, 0.5) is 4.79 Å². The molecule has 1 saturated carbocycles. The lowest BCUT2D eigenvalue weighted by molar-refractivity contribution is 0.0354. The number of nitrogens with one attached hydrogen (secondary N) is 2. The molecule has 0 bridgehead atoms. The first kappa shape index (κ1) is 17.5. The Hall–Kier alpha value is -0.810. The van der Waals surface area contributed by atoms with Gasteiger partial charge >= 0.3 is 6.03 Å². The Kier molecular flexibility index (Phi) is 6.96. The normalized spacial score (nSPS) is 23.7. The van der Waals surface area contributed by atoms with E-state index in [9.17, 15) is 4.79 Å². The molecule has 128 valence electrons. The van der Waals surface area contributed by atoms with Crippen molar-refractivity contribution in [2.24, 2.45) is 0 Å². The summed E-state index contributed by atoms with van der Waals surface area (Å²) in [6, 6.07) is -0.0785. The highest BCUT2D eigenvalue weighted by molar-refractivity contribution is 5.74. The van der Waals surface area contributed by atoms with Crippen LogP contribution >= 0.6 is 0 Å². The van der Waals surface area contributed by atoms with Gasteiger partial charge in [0.2, 0.25) is 0 Å². The summed E-state index contributed by atoms with van der Waals surface area (Å²) in [6.45, 7) is 5.16. The molecule has 1 aliphatic carbocycles. The van der Waals surface area contributed by atoms with Gasteiger partial charge in [-0.3, -0.25) is 4.90 Å². The highest BCUT2D eigenvalue weighted by Crippen LogP contribution is 2.35. The minimum atomic E-state index is -0.0945. The molecule has 5 nitrogen and oxygen atoms in total. The van der Waals surface area contributed by atoms with Crippen molar-refractivity contribution in [3.63, 3.8) is 0 Å². The number of urea groups is 1. The zero-order valence-electron chi connectivity index (χ0n) is 14.1. The number of piperidine rings is 1. The van der Waals surface area contributed by atoms with Crippen LogP contribution in [-0.2, 0) is 0 Å². The molecule has 2 rings (SSSR count). The number of amides is 2. The van der Waals surface area contributed by atoms with Gasteiger partial charge < -0.3 is 15.7 Å². The Labute approximate surface area is 134 Å². The van der Waals surface area contributed by atoms with E-state index in [1.807, 2.05) is 6.92 Å². The Morgan fingerprint density at radius 3 is 2.41 bits per heavy atom. The monoisotopic (exact) mass is 311 g/mol. The maximum Gasteiger partial charge on any atom is 0.315 e. The highest BCUT2D eigenvalue weighted by Gasteiger charge is 2.38. The zero-order chi connectivity index (χ0) is 15.8. The van der Waals surface area contributed by atoms with E-state index >= 15 is 0 Å². The second-order valence-corrected chi connectivity index (χ2v) is 7.07. The summed E-state index contributed by atoms with van der Waals surface area (Å²) < 4.78 is 0. The Bertz CT molecular complexity index is 337. The topological polar surface area (TPSA) is 64.6 Å². The number of aliphatic hydroxyl groups is 1. The summed E-state index contributed by atoms with van der Waals surface area (Å²) in [4.78, 5) is 14.7. The second kappa shape index (κ2) is 8.73. The standard InChI is InChI=1S/C17H33N3O2/c1-15(8-13-21)19-16(22)18-14-17(9-4-2-5-10-17)20-11-6-3-7-12-20/h15,21H,2-14H2,1H3,(H2,18,19,22)/t15-/m1/s1. The molecule has 1 saturated heterocycles. The van der Waals surface area contributed by atoms with Crippen LogP contribution in [0.15, 0.2) is 0 Å². The molecule has 0 aromatic carbocycles. The van der Waals surface area contributed by atoms with E-state index < -0.39 is 0 Å². The van der Waals surface area contributed by atoms with E-state index in [-0.39, 0.29) is 24.2 Å². The smallest absolute Gasteiger partial charge is 0.315 e. The second-order valence-electron chi connectivity index (χ2n) is 7.07. The van der Waals surface area contributed by atoms with Crippen LogP contribution in [0.25, 0.3) is 0 Å². The predicted molar refractivity (Wildman–Crippen MR) is 88.9 cm³/mol. The number of hydrogen-bond acceptors (Lipinski definition) is 3. The molecule has 0 aromatic heterocycles. The van der Waals surface area contributed by atoms with Crippen molar-refractivity contribution in [2.45, 2.75) is 76.3 Å². The van der Waals surface area contributed by atoms with Crippen LogP contribution in [0.3, 0.4) is 0 Å². The molecule has 22 heavy (non-hydrogen) atoms. The van der Waals surface area contributed by atoms with Crippen molar-refractivity contribution in [2.75, 3.05) is 26.2 Å². The van der Waals surface area contributed by atoms with E-state index in [2.05, 4.69) is 15.5 Å². The predicted octanol–water partition coefficient (Wildman–Crippen LogP) is 2.25. The van der Waals surface area contributed by atoms with Gasteiger partial charge in [0.1, 0.15) is 0 Å². The molecule has 0 radical (unpaired) electrons. The van der Waals surface area contributed by atoms with Gasteiger partial charge in [-0.25, -0.2) is 4.79 Å². The molecule has 2 amide bonds. The summed E-state index contributed by atoms with van der Waals surface area (Å²) in [5.41, 5.74) is 0.177. The lowest BCUT2D eigenvalue weighted by Crippen LogP contribution is -2.59. The third-order valence-corrected chi connectivity index (χ3v) is 5.33.